The SMILES string of the molecule is C1CNc2nnc(CC3CCNC3)n2C1. The van der Waals surface area contributed by atoms with Crippen LogP contribution in [0.5, 0.6) is 0 Å². The first-order valence-electron chi connectivity index (χ1n) is 5.80. The van der Waals surface area contributed by atoms with E-state index in [-0.39, 0.29) is 0 Å². The van der Waals surface area contributed by atoms with Crippen molar-refractivity contribution in [2.45, 2.75) is 25.8 Å². The molecule has 3 rings (SSSR count). The highest BCUT2D eigenvalue weighted by Gasteiger charge is 2.20. The molecular weight excluding hydrogens is 190 g/mol. The number of hydrogen-bond donors (Lipinski definition) is 2. The summed E-state index contributed by atoms with van der Waals surface area (Å²) in [5.74, 6) is 2.87. The molecule has 1 saturated heterocycles. The Morgan fingerprint density at radius 1 is 1.33 bits per heavy atom. The van der Waals surface area contributed by atoms with Crippen molar-refractivity contribution < 1.29 is 0 Å². The third-order valence-electron chi connectivity index (χ3n) is 3.30. The molecule has 0 aliphatic carbocycles. The maximum absolute atomic E-state index is 4.28. The van der Waals surface area contributed by atoms with Crippen LogP contribution in [-0.4, -0.2) is 34.4 Å². The summed E-state index contributed by atoms with van der Waals surface area (Å²) in [6.45, 7) is 4.40. The van der Waals surface area contributed by atoms with Crippen LogP contribution in [0.2, 0.25) is 0 Å². The monoisotopic (exact) mass is 207 g/mol. The van der Waals surface area contributed by atoms with Gasteiger partial charge in [-0.2, -0.15) is 0 Å². The quantitative estimate of drug-likeness (QED) is 0.729. The lowest BCUT2D eigenvalue weighted by Gasteiger charge is -2.17. The van der Waals surface area contributed by atoms with Crippen molar-refractivity contribution in [2.24, 2.45) is 5.92 Å². The van der Waals surface area contributed by atoms with Crippen LogP contribution in [-0.2, 0) is 13.0 Å². The number of fused-ring (bicyclic) bond motifs is 1. The van der Waals surface area contributed by atoms with Crippen molar-refractivity contribution in [3.63, 3.8) is 0 Å². The van der Waals surface area contributed by atoms with E-state index in [1.54, 1.807) is 0 Å². The van der Waals surface area contributed by atoms with E-state index in [9.17, 15) is 0 Å². The van der Waals surface area contributed by atoms with Gasteiger partial charge in [-0.1, -0.05) is 0 Å². The molecule has 1 unspecified atom stereocenters. The number of hydrogen-bond acceptors (Lipinski definition) is 4. The highest BCUT2D eigenvalue weighted by Crippen LogP contribution is 2.18. The van der Waals surface area contributed by atoms with Crippen LogP contribution in [0.15, 0.2) is 0 Å². The van der Waals surface area contributed by atoms with Gasteiger partial charge in [-0.3, -0.25) is 4.57 Å². The Morgan fingerprint density at radius 2 is 2.33 bits per heavy atom. The third kappa shape index (κ3) is 1.71. The molecule has 2 N–H and O–H groups in total. The Morgan fingerprint density at radius 3 is 3.20 bits per heavy atom. The fraction of sp³-hybridized carbons (Fsp3) is 0.800. The average Bonchev–Trinajstić information content (AvgIpc) is 2.89. The highest BCUT2D eigenvalue weighted by molar-refractivity contribution is 5.27. The molecule has 0 bridgehead atoms. The lowest BCUT2D eigenvalue weighted by Crippen LogP contribution is -2.20. The normalized spacial score (nSPS) is 24.9. The molecule has 15 heavy (non-hydrogen) atoms. The number of nitrogens with zero attached hydrogens (tertiary/aromatic N) is 3. The van der Waals surface area contributed by atoms with Gasteiger partial charge in [0.2, 0.25) is 5.95 Å². The van der Waals surface area contributed by atoms with Crippen molar-refractivity contribution in [3.8, 4) is 0 Å². The smallest absolute Gasteiger partial charge is 0.224 e. The van der Waals surface area contributed by atoms with Gasteiger partial charge in [0.1, 0.15) is 5.82 Å². The number of rotatable bonds is 2. The second-order valence-corrected chi connectivity index (χ2v) is 4.43. The van der Waals surface area contributed by atoms with Crippen LogP contribution in [0.25, 0.3) is 0 Å². The second-order valence-electron chi connectivity index (χ2n) is 4.43. The molecule has 2 aliphatic rings. The Kier molecular flexibility index (Phi) is 2.32. The van der Waals surface area contributed by atoms with Crippen molar-refractivity contribution >= 4 is 5.95 Å². The number of aromatic nitrogens is 3. The lowest BCUT2D eigenvalue weighted by atomic mass is 10.0. The number of anilines is 1. The highest BCUT2D eigenvalue weighted by atomic mass is 15.4. The fourth-order valence-corrected chi connectivity index (χ4v) is 2.44. The third-order valence-corrected chi connectivity index (χ3v) is 3.30. The largest absolute Gasteiger partial charge is 0.354 e. The van der Waals surface area contributed by atoms with Crippen molar-refractivity contribution in [1.29, 1.82) is 0 Å². The zero-order chi connectivity index (χ0) is 10.1. The predicted octanol–water partition coefficient (Wildman–Crippen LogP) is 0.246. The van der Waals surface area contributed by atoms with Gasteiger partial charge in [0.15, 0.2) is 0 Å². The minimum Gasteiger partial charge on any atom is -0.354 e. The molecule has 1 fully saturated rings. The summed E-state index contributed by atoms with van der Waals surface area (Å²) >= 11 is 0. The summed E-state index contributed by atoms with van der Waals surface area (Å²) in [5, 5.41) is 15.1. The first-order valence-corrected chi connectivity index (χ1v) is 5.80. The van der Waals surface area contributed by atoms with Gasteiger partial charge < -0.3 is 10.6 Å². The summed E-state index contributed by atoms with van der Waals surface area (Å²) in [4.78, 5) is 0. The molecule has 0 radical (unpaired) electrons. The summed E-state index contributed by atoms with van der Waals surface area (Å²) in [5.41, 5.74) is 0. The fourth-order valence-electron chi connectivity index (χ4n) is 2.44. The first kappa shape index (κ1) is 9.15. The van der Waals surface area contributed by atoms with Crippen LogP contribution in [0.4, 0.5) is 5.95 Å². The van der Waals surface area contributed by atoms with E-state index in [0.717, 1.165) is 50.3 Å². The molecule has 5 nitrogen and oxygen atoms in total. The van der Waals surface area contributed by atoms with Gasteiger partial charge in [0.05, 0.1) is 0 Å². The molecule has 82 valence electrons. The van der Waals surface area contributed by atoms with E-state index in [1.165, 1.54) is 12.8 Å². The zero-order valence-electron chi connectivity index (χ0n) is 8.87. The maximum Gasteiger partial charge on any atom is 0.224 e. The van der Waals surface area contributed by atoms with Crippen LogP contribution >= 0.6 is 0 Å². The molecular formula is C10H17N5. The van der Waals surface area contributed by atoms with Gasteiger partial charge >= 0.3 is 0 Å². The predicted molar refractivity (Wildman–Crippen MR) is 57.8 cm³/mol. The minimum absolute atomic E-state index is 0.750. The van der Waals surface area contributed by atoms with E-state index in [2.05, 4.69) is 25.4 Å². The summed E-state index contributed by atoms with van der Waals surface area (Å²) in [6.07, 6.45) is 3.53. The Labute approximate surface area is 89.3 Å². The van der Waals surface area contributed by atoms with Crippen LogP contribution in [0.3, 0.4) is 0 Å². The zero-order valence-corrected chi connectivity index (χ0v) is 8.87. The minimum atomic E-state index is 0.750. The van der Waals surface area contributed by atoms with Crippen molar-refractivity contribution in [1.82, 2.24) is 20.1 Å². The van der Waals surface area contributed by atoms with Gasteiger partial charge in [0, 0.05) is 19.5 Å². The topological polar surface area (TPSA) is 54.8 Å². The van der Waals surface area contributed by atoms with Gasteiger partial charge in [-0.25, -0.2) is 0 Å². The standard InChI is InChI=1S/C10H17N5/c1-3-12-10-14-13-9(15(10)5-1)6-8-2-4-11-7-8/h8,11H,1-7H2,(H,12,14). The molecule has 5 heteroatoms. The van der Waals surface area contributed by atoms with Crippen LogP contribution in [0.1, 0.15) is 18.7 Å². The van der Waals surface area contributed by atoms with Gasteiger partial charge in [-0.15, -0.1) is 10.2 Å². The van der Waals surface area contributed by atoms with E-state index in [4.69, 9.17) is 0 Å². The summed E-state index contributed by atoms with van der Waals surface area (Å²) in [6, 6.07) is 0. The molecule has 0 spiro atoms. The summed E-state index contributed by atoms with van der Waals surface area (Å²) < 4.78 is 2.24. The van der Waals surface area contributed by atoms with Crippen LogP contribution in [0, 0.1) is 5.92 Å². The van der Waals surface area contributed by atoms with E-state index in [0.29, 0.717) is 0 Å². The van der Waals surface area contributed by atoms with Crippen LogP contribution < -0.4 is 10.6 Å². The molecule has 3 heterocycles. The Balaban J connectivity index is 1.76. The second kappa shape index (κ2) is 3.81. The summed E-state index contributed by atoms with van der Waals surface area (Å²) in [7, 11) is 0. The molecule has 1 atom stereocenters. The van der Waals surface area contributed by atoms with Gasteiger partial charge in [-0.05, 0) is 31.8 Å². The molecule has 0 saturated carbocycles. The van der Waals surface area contributed by atoms with Crippen molar-refractivity contribution in [3.05, 3.63) is 5.82 Å². The molecule has 1 aromatic rings. The van der Waals surface area contributed by atoms with Crippen molar-refractivity contribution in [2.75, 3.05) is 25.0 Å². The first-order chi connectivity index (χ1) is 7.43. The Bertz CT molecular complexity index is 340. The maximum atomic E-state index is 4.28. The average molecular weight is 207 g/mol. The molecule has 1 aromatic heterocycles. The number of nitrogens with one attached hydrogen (secondary N) is 2. The molecule has 0 aromatic carbocycles. The van der Waals surface area contributed by atoms with E-state index >= 15 is 0 Å². The van der Waals surface area contributed by atoms with E-state index in [1.807, 2.05) is 0 Å². The molecule has 0 amide bonds. The molecule has 2 aliphatic heterocycles. The Hall–Kier alpha value is -1.10. The van der Waals surface area contributed by atoms with E-state index < -0.39 is 0 Å². The lowest BCUT2D eigenvalue weighted by molar-refractivity contribution is 0.522. The van der Waals surface area contributed by atoms with Gasteiger partial charge in [0.25, 0.3) is 0 Å².